The molecule has 1 unspecified atom stereocenters. The lowest BCUT2D eigenvalue weighted by Crippen LogP contribution is -2.44. The fourth-order valence-corrected chi connectivity index (χ4v) is 3.68. The van der Waals surface area contributed by atoms with Crippen LogP contribution in [0.25, 0.3) is 0 Å². The number of amides is 1. The van der Waals surface area contributed by atoms with Crippen LogP contribution in [0.5, 0.6) is 0 Å². The van der Waals surface area contributed by atoms with Gasteiger partial charge in [-0.2, -0.15) is 5.26 Å². The second-order valence-corrected chi connectivity index (χ2v) is 6.56. The first-order valence-electron chi connectivity index (χ1n) is 6.66. The second-order valence-electron chi connectivity index (χ2n) is 5.12. The fraction of sp³-hybridized carbons (Fsp3) is 0.176. The molecule has 0 bridgehead atoms. The lowest BCUT2D eigenvalue weighted by Gasteiger charge is -2.28. The highest BCUT2D eigenvalue weighted by atomic mass is 32.2. The number of fused-ring (bicyclic) bond motifs is 1. The summed E-state index contributed by atoms with van der Waals surface area (Å²) >= 11 is 1.42. The number of thioether (sulfide) groups is 1. The molecule has 1 aliphatic heterocycles. The molecule has 4 heteroatoms. The van der Waals surface area contributed by atoms with Crippen LogP contribution in [0, 0.1) is 18.3 Å². The standard InChI is InChI=1S/C17H14N2OS/c1-12-7-3-4-8-13(12)16(20)19-14-9-5-6-10-15(14)21-17(19,2)11-18/h3-10H,1-2H3. The third kappa shape index (κ3) is 2.10. The van der Waals surface area contributed by atoms with Crippen LogP contribution < -0.4 is 4.90 Å². The van der Waals surface area contributed by atoms with Gasteiger partial charge in [0.1, 0.15) is 6.07 Å². The number of para-hydroxylation sites is 1. The number of hydrogen-bond donors (Lipinski definition) is 0. The summed E-state index contributed by atoms with van der Waals surface area (Å²) in [6.07, 6.45) is 0. The summed E-state index contributed by atoms with van der Waals surface area (Å²) < 4.78 is 0. The molecular formula is C17H14N2OS. The molecule has 21 heavy (non-hydrogen) atoms. The maximum absolute atomic E-state index is 13.0. The number of carbonyl (C=O) groups excluding carboxylic acids is 1. The lowest BCUT2D eigenvalue weighted by molar-refractivity contribution is 0.0980. The summed E-state index contributed by atoms with van der Waals surface area (Å²) in [5.41, 5.74) is 2.35. The molecule has 104 valence electrons. The topological polar surface area (TPSA) is 44.1 Å². The predicted octanol–water partition coefficient (Wildman–Crippen LogP) is 3.99. The van der Waals surface area contributed by atoms with Crippen molar-refractivity contribution in [3.63, 3.8) is 0 Å². The first kappa shape index (κ1) is 13.7. The Kier molecular flexibility index (Phi) is 3.23. The monoisotopic (exact) mass is 294 g/mol. The van der Waals surface area contributed by atoms with Gasteiger partial charge in [-0.25, -0.2) is 0 Å². The number of nitriles is 1. The van der Waals surface area contributed by atoms with E-state index in [0.29, 0.717) is 5.56 Å². The highest BCUT2D eigenvalue weighted by Gasteiger charge is 2.45. The molecule has 0 radical (unpaired) electrons. The highest BCUT2D eigenvalue weighted by Crippen LogP contribution is 2.50. The van der Waals surface area contributed by atoms with Crippen LogP contribution in [0.3, 0.4) is 0 Å². The minimum absolute atomic E-state index is 0.130. The van der Waals surface area contributed by atoms with Crippen molar-refractivity contribution in [1.29, 1.82) is 5.26 Å². The zero-order valence-electron chi connectivity index (χ0n) is 11.8. The molecule has 0 fully saturated rings. The quantitative estimate of drug-likeness (QED) is 0.799. The SMILES string of the molecule is Cc1ccccc1C(=O)N1c2ccccc2SC1(C)C#N. The van der Waals surface area contributed by atoms with Crippen molar-refractivity contribution >= 4 is 23.4 Å². The number of anilines is 1. The molecule has 0 N–H and O–H groups in total. The maximum atomic E-state index is 13.0. The van der Waals surface area contributed by atoms with Gasteiger partial charge in [0, 0.05) is 10.5 Å². The highest BCUT2D eigenvalue weighted by molar-refractivity contribution is 8.01. The number of rotatable bonds is 1. The van der Waals surface area contributed by atoms with E-state index in [1.165, 1.54) is 11.8 Å². The van der Waals surface area contributed by atoms with E-state index in [1.807, 2.05) is 49.4 Å². The van der Waals surface area contributed by atoms with E-state index >= 15 is 0 Å². The van der Waals surface area contributed by atoms with Gasteiger partial charge in [-0.3, -0.25) is 9.69 Å². The van der Waals surface area contributed by atoms with Gasteiger partial charge in [-0.15, -0.1) is 0 Å². The lowest BCUT2D eigenvalue weighted by atomic mass is 10.1. The van der Waals surface area contributed by atoms with Crippen molar-refractivity contribution in [2.75, 3.05) is 4.90 Å². The van der Waals surface area contributed by atoms with Gasteiger partial charge >= 0.3 is 0 Å². The molecule has 1 amide bonds. The van der Waals surface area contributed by atoms with E-state index in [-0.39, 0.29) is 5.91 Å². The van der Waals surface area contributed by atoms with Crippen molar-refractivity contribution in [1.82, 2.24) is 0 Å². The molecule has 2 aromatic carbocycles. The molecule has 3 rings (SSSR count). The fourth-order valence-electron chi connectivity index (χ4n) is 2.53. The Labute approximate surface area is 128 Å². The van der Waals surface area contributed by atoms with Crippen molar-refractivity contribution in [3.05, 3.63) is 59.7 Å². The van der Waals surface area contributed by atoms with Gasteiger partial charge in [-0.05, 0) is 37.6 Å². The summed E-state index contributed by atoms with van der Waals surface area (Å²) in [4.78, 5) is 14.6. The molecule has 0 saturated heterocycles. The molecule has 0 saturated carbocycles. The van der Waals surface area contributed by atoms with E-state index in [9.17, 15) is 10.1 Å². The van der Waals surface area contributed by atoms with Crippen LogP contribution >= 0.6 is 11.8 Å². The summed E-state index contributed by atoms with van der Waals surface area (Å²) in [7, 11) is 0. The third-order valence-electron chi connectivity index (χ3n) is 3.63. The molecule has 2 aromatic rings. The number of hydrogen-bond acceptors (Lipinski definition) is 3. The van der Waals surface area contributed by atoms with Gasteiger partial charge < -0.3 is 0 Å². The van der Waals surface area contributed by atoms with Crippen LogP contribution in [0.1, 0.15) is 22.8 Å². The minimum Gasteiger partial charge on any atom is -0.279 e. The summed E-state index contributed by atoms with van der Waals surface area (Å²) in [6.45, 7) is 3.69. The van der Waals surface area contributed by atoms with Crippen LogP contribution in [0.4, 0.5) is 5.69 Å². The number of aryl methyl sites for hydroxylation is 1. The minimum atomic E-state index is -0.914. The Hall–Kier alpha value is -2.25. The maximum Gasteiger partial charge on any atom is 0.260 e. The summed E-state index contributed by atoms with van der Waals surface area (Å²) in [5, 5.41) is 9.57. The molecule has 3 nitrogen and oxygen atoms in total. The van der Waals surface area contributed by atoms with Gasteiger partial charge in [0.05, 0.1) is 5.69 Å². The van der Waals surface area contributed by atoms with Gasteiger partial charge in [0.2, 0.25) is 0 Å². The third-order valence-corrected chi connectivity index (χ3v) is 4.86. The molecular weight excluding hydrogens is 280 g/mol. The Morgan fingerprint density at radius 1 is 1.19 bits per heavy atom. The van der Waals surface area contributed by atoms with Crippen molar-refractivity contribution in [3.8, 4) is 6.07 Å². The number of benzene rings is 2. The Morgan fingerprint density at radius 2 is 1.86 bits per heavy atom. The number of nitrogens with zero attached hydrogens (tertiary/aromatic N) is 2. The summed E-state index contributed by atoms with van der Waals surface area (Å²) in [6, 6.07) is 17.4. The van der Waals surface area contributed by atoms with Crippen LogP contribution in [0.2, 0.25) is 0 Å². The number of carbonyl (C=O) groups is 1. The second kappa shape index (κ2) is 4.94. The van der Waals surface area contributed by atoms with Crippen LogP contribution in [-0.4, -0.2) is 10.8 Å². The molecule has 0 aliphatic carbocycles. The Balaban J connectivity index is 2.14. The first-order chi connectivity index (χ1) is 10.1. The molecule has 1 aliphatic rings. The van der Waals surface area contributed by atoms with E-state index in [1.54, 1.807) is 17.9 Å². The molecule has 0 spiro atoms. The van der Waals surface area contributed by atoms with E-state index < -0.39 is 4.87 Å². The van der Waals surface area contributed by atoms with Crippen LogP contribution in [-0.2, 0) is 0 Å². The Bertz CT molecular complexity index is 765. The average Bonchev–Trinajstić information content (AvgIpc) is 2.80. The van der Waals surface area contributed by atoms with Gasteiger partial charge in [-0.1, -0.05) is 42.1 Å². The zero-order chi connectivity index (χ0) is 15.0. The van der Waals surface area contributed by atoms with E-state index in [4.69, 9.17) is 0 Å². The predicted molar refractivity (Wildman–Crippen MR) is 84.3 cm³/mol. The Morgan fingerprint density at radius 3 is 2.57 bits per heavy atom. The van der Waals surface area contributed by atoms with Crippen LogP contribution in [0.15, 0.2) is 53.4 Å². The summed E-state index contributed by atoms with van der Waals surface area (Å²) in [5.74, 6) is -0.130. The largest absolute Gasteiger partial charge is 0.279 e. The van der Waals surface area contributed by atoms with Crippen molar-refractivity contribution in [2.24, 2.45) is 0 Å². The van der Waals surface area contributed by atoms with Gasteiger partial charge in [0.15, 0.2) is 4.87 Å². The molecule has 0 aromatic heterocycles. The normalized spacial score (nSPS) is 20.0. The smallest absolute Gasteiger partial charge is 0.260 e. The van der Waals surface area contributed by atoms with Crippen molar-refractivity contribution < 1.29 is 4.79 Å². The molecule has 1 atom stereocenters. The molecule has 1 heterocycles. The zero-order valence-corrected chi connectivity index (χ0v) is 12.6. The first-order valence-corrected chi connectivity index (χ1v) is 7.48. The van der Waals surface area contributed by atoms with E-state index in [2.05, 4.69) is 6.07 Å². The van der Waals surface area contributed by atoms with Gasteiger partial charge in [0.25, 0.3) is 5.91 Å². The van der Waals surface area contributed by atoms with E-state index in [0.717, 1.165) is 16.1 Å². The average molecular weight is 294 g/mol. The van der Waals surface area contributed by atoms with Crippen molar-refractivity contribution in [2.45, 2.75) is 23.6 Å².